The monoisotopic (exact) mass is 402 g/mol. The van der Waals surface area contributed by atoms with E-state index in [2.05, 4.69) is 11.8 Å². The minimum Gasteiger partial charge on any atom is -0.494 e. The quantitative estimate of drug-likeness (QED) is 0.236. The third kappa shape index (κ3) is 10.1. The van der Waals surface area contributed by atoms with Crippen molar-refractivity contribution < 1.29 is 9.47 Å². The van der Waals surface area contributed by atoms with Crippen molar-refractivity contribution in [3.8, 4) is 36.2 Å². The highest BCUT2D eigenvalue weighted by Crippen LogP contribution is 2.15. The summed E-state index contributed by atoms with van der Waals surface area (Å²) < 4.78 is 11.5. The molecule has 0 aliphatic heterocycles. The van der Waals surface area contributed by atoms with Gasteiger partial charge in [0.25, 0.3) is 0 Å². The highest BCUT2D eigenvalue weighted by Gasteiger charge is 1.97. The lowest BCUT2D eigenvalue weighted by molar-refractivity contribution is 0.303. The summed E-state index contributed by atoms with van der Waals surface area (Å²) in [7, 11) is 0. The maximum Gasteiger partial charge on any atom is 0.119 e. The van der Waals surface area contributed by atoms with Crippen LogP contribution in [0.2, 0.25) is 0 Å². The lowest BCUT2D eigenvalue weighted by Gasteiger charge is -2.07. The topological polar surface area (TPSA) is 18.5 Å². The molecule has 2 aromatic rings. The zero-order valence-electron chi connectivity index (χ0n) is 18.1. The fraction of sp³-hybridized carbons (Fsp3) is 0.429. The van der Waals surface area contributed by atoms with Gasteiger partial charge < -0.3 is 9.47 Å². The smallest absolute Gasteiger partial charge is 0.119 e. The molecule has 2 rings (SSSR count). The Hall–Kier alpha value is -2.84. The van der Waals surface area contributed by atoms with E-state index < -0.39 is 0 Å². The van der Waals surface area contributed by atoms with Gasteiger partial charge in [-0.05, 0) is 61.4 Å². The van der Waals surface area contributed by atoms with E-state index in [0.717, 1.165) is 48.7 Å². The summed E-state index contributed by atoms with van der Waals surface area (Å²) >= 11 is 0. The third-order valence-corrected chi connectivity index (χ3v) is 5.12. The second kappa shape index (κ2) is 15.1. The summed E-state index contributed by atoms with van der Waals surface area (Å²) in [5.41, 5.74) is 1.78. The van der Waals surface area contributed by atoms with E-state index in [1.807, 2.05) is 48.5 Å². The van der Waals surface area contributed by atoms with Crippen LogP contribution in [-0.4, -0.2) is 13.2 Å². The van der Waals surface area contributed by atoms with Crippen LogP contribution < -0.4 is 9.47 Å². The minimum absolute atomic E-state index is 0.783. The second-order valence-electron chi connectivity index (χ2n) is 7.57. The van der Waals surface area contributed by atoms with E-state index in [4.69, 9.17) is 22.3 Å². The minimum atomic E-state index is 0.783. The number of benzene rings is 2. The Balaban J connectivity index is 1.33. The Morgan fingerprint density at radius 1 is 0.467 bits per heavy atom. The third-order valence-electron chi connectivity index (χ3n) is 5.12. The number of ether oxygens (including phenoxy) is 2. The zero-order chi connectivity index (χ0) is 21.3. The summed E-state index contributed by atoms with van der Waals surface area (Å²) in [5, 5.41) is 0. The van der Waals surface area contributed by atoms with Crippen molar-refractivity contribution in [3.63, 3.8) is 0 Å². The Morgan fingerprint density at radius 3 is 1.07 bits per heavy atom. The van der Waals surface area contributed by atoms with Crippen LogP contribution >= 0.6 is 0 Å². The molecule has 0 unspecified atom stereocenters. The van der Waals surface area contributed by atoms with Gasteiger partial charge in [-0.1, -0.05) is 63.2 Å². The van der Waals surface area contributed by atoms with Gasteiger partial charge in [-0.15, -0.1) is 12.8 Å². The van der Waals surface area contributed by atoms with Gasteiger partial charge in [0.2, 0.25) is 0 Å². The van der Waals surface area contributed by atoms with Gasteiger partial charge in [0.15, 0.2) is 0 Å². The maximum absolute atomic E-state index is 5.75. The first kappa shape index (κ1) is 23.4. The van der Waals surface area contributed by atoms with Crippen LogP contribution in [0, 0.1) is 24.7 Å². The number of unbranched alkanes of at least 4 members (excludes halogenated alkanes) is 9. The van der Waals surface area contributed by atoms with Crippen LogP contribution in [0.25, 0.3) is 0 Å². The van der Waals surface area contributed by atoms with E-state index >= 15 is 0 Å². The zero-order valence-corrected chi connectivity index (χ0v) is 18.1. The van der Waals surface area contributed by atoms with Gasteiger partial charge in [-0.25, -0.2) is 0 Å². The van der Waals surface area contributed by atoms with Gasteiger partial charge in [0.1, 0.15) is 11.5 Å². The molecule has 0 saturated heterocycles. The van der Waals surface area contributed by atoms with Gasteiger partial charge in [0, 0.05) is 11.1 Å². The molecule has 0 spiro atoms. The van der Waals surface area contributed by atoms with Crippen molar-refractivity contribution in [2.75, 3.05) is 13.2 Å². The number of hydrogen-bond donors (Lipinski definition) is 0. The van der Waals surface area contributed by atoms with Crippen molar-refractivity contribution in [2.24, 2.45) is 0 Å². The second-order valence-corrected chi connectivity index (χ2v) is 7.57. The molecule has 0 atom stereocenters. The predicted molar refractivity (Wildman–Crippen MR) is 126 cm³/mol. The highest BCUT2D eigenvalue weighted by molar-refractivity contribution is 5.37. The molecule has 0 bridgehead atoms. The van der Waals surface area contributed by atoms with Crippen molar-refractivity contribution >= 4 is 0 Å². The lowest BCUT2D eigenvalue weighted by atomic mass is 10.1. The fourth-order valence-electron chi connectivity index (χ4n) is 3.29. The molecule has 2 nitrogen and oxygen atoms in total. The Bertz CT molecular complexity index is 706. The molecule has 0 aliphatic rings. The molecule has 0 N–H and O–H groups in total. The highest BCUT2D eigenvalue weighted by atomic mass is 16.5. The molecule has 0 aliphatic carbocycles. The van der Waals surface area contributed by atoms with Crippen molar-refractivity contribution in [1.29, 1.82) is 0 Å². The molecule has 30 heavy (non-hydrogen) atoms. The van der Waals surface area contributed by atoms with E-state index in [1.54, 1.807) is 0 Å². The number of rotatable bonds is 15. The molecule has 0 aromatic heterocycles. The fourth-order valence-corrected chi connectivity index (χ4v) is 3.29. The first-order valence-corrected chi connectivity index (χ1v) is 11.2. The van der Waals surface area contributed by atoms with E-state index in [1.165, 1.54) is 51.4 Å². The maximum atomic E-state index is 5.75. The Kier molecular flexibility index (Phi) is 11.8. The average Bonchev–Trinajstić information content (AvgIpc) is 2.80. The van der Waals surface area contributed by atoms with Crippen molar-refractivity contribution in [3.05, 3.63) is 59.7 Å². The van der Waals surface area contributed by atoms with Crippen molar-refractivity contribution in [1.82, 2.24) is 0 Å². The summed E-state index contributed by atoms with van der Waals surface area (Å²) in [6.07, 6.45) is 23.3. The number of terminal acetylenes is 2. The van der Waals surface area contributed by atoms with Crippen LogP contribution in [0.3, 0.4) is 0 Å². The summed E-state index contributed by atoms with van der Waals surface area (Å²) in [6.45, 7) is 1.57. The standard InChI is InChI=1S/C28H34O2/c1-3-25-15-19-27(20-16-25)29-23-13-11-9-7-5-6-8-10-12-14-24-30-28-21-17-26(4-2)18-22-28/h1-2,15-22H,5-14,23-24H2. The van der Waals surface area contributed by atoms with Crippen molar-refractivity contribution in [2.45, 2.75) is 64.2 Å². The normalized spacial score (nSPS) is 10.2. The lowest BCUT2D eigenvalue weighted by Crippen LogP contribution is -1.97. The predicted octanol–water partition coefficient (Wildman–Crippen LogP) is 7.01. The van der Waals surface area contributed by atoms with Crippen LogP contribution in [0.1, 0.15) is 75.3 Å². The van der Waals surface area contributed by atoms with Crippen LogP contribution in [0.15, 0.2) is 48.5 Å². The van der Waals surface area contributed by atoms with Crippen LogP contribution in [0.4, 0.5) is 0 Å². The van der Waals surface area contributed by atoms with Gasteiger partial charge in [-0.2, -0.15) is 0 Å². The molecule has 0 heterocycles. The molecular weight excluding hydrogens is 368 g/mol. The molecule has 158 valence electrons. The summed E-state index contributed by atoms with van der Waals surface area (Å²) in [5.74, 6) is 7.04. The molecule has 2 heteroatoms. The summed E-state index contributed by atoms with van der Waals surface area (Å²) in [4.78, 5) is 0. The van der Waals surface area contributed by atoms with Crippen LogP contribution in [0.5, 0.6) is 11.5 Å². The first-order chi connectivity index (χ1) is 14.8. The van der Waals surface area contributed by atoms with Crippen LogP contribution in [-0.2, 0) is 0 Å². The number of hydrogen-bond acceptors (Lipinski definition) is 2. The average molecular weight is 403 g/mol. The molecule has 0 amide bonds. The summed E-state index contributed by atoms with van der Waals surface area (Å²) in [6, 6.07) is 15.4. The van der Waals surface area contributed by atoms with E-state index in [0.29, 0.717) is 0 Å². The Labute approximate surface area is 183 Å². The first-order valence-electron chi connectivity index (χ1n) is 11.2. The SMILES string of the molecule is C#Cc1ccc(OCCCCCCCCCCCCOc2ccc(C#C)cc2)cc1. The molecule has 0 fully saturated rings. The van der Waals surface area contributed by atoms with Gasteiger partial charge in [0.05, 0.1) is 13.2 Å². The Morgan fingerprint density at radius 2 is 0.767 bits per heavy atom. The van der Waals surface area contributed by atoms with E-state index in [-0.39, 0.29) is 0 Å². The van der Waals surface area contributed by atoms with E-state index in [9.17, 15) is 0 Å². The van der Waals surface area contributed by atoms with Gasteiger partial charge >= 0.3 is 0 Å². The molecule has 0 radical (unpaired) electrons. The molecule has 2 aromatic carbocycles. The molecule has 0 saturated carbocycles. The molecular formula is C28H34O2. The van der Waals surface area contributed by atoms with Gasteiger partial charge in [-0.3, -0.25) is 0 Å². The largest absolute Gasteiger partial charge is 0.494 e.